The van der Waals surface area contributed by atoms with Crippen molar-refractivity contribution in [1.82, 2.24) is 14.9 Å². The van der Waals surface area contributed by atoms with Gasteiger partial charge in [0.05, 0.1) is 28.2 Å². The number of aromatic amines is 1. The molecule has 192 valence electrons. The molecule has 1 aliphatic heterocycles. The average Bonchev–Trinajstić information content (AvgIpc) is 3.76. The van der Waals surface area contributed by atoms with Crippen LogP contribution in [0.15, 0.2) is 77.6 Å². The highest BCUT2D eigenvalue weighted by molar-refractivity contribution is 6.31. The molecule has 3 aromatic carbocycles. The molecule has 38 heavy (non-hydrogen) atoms. The highest BCUT2D eigenvalue weighted by Gasteiger charge is 2.48. The van der Waals surface area contributed by atoms with E-state index >= 15 is 0 Å². The second-order valence-electron chi connectivity index (χ2n) is 9.95. The van der Waals surface area contributed by atoms with E-state index in [1.54, 1.807) is 30.3 Å². The number of fused-ring (bicyclic) bond motifs is 1. The predicted octanol–water partition coefficient (Wildman–Crippen LogP) is 4.93. The Bertz CT molecular complexity index is 1600. The van der Waals surface area contributed by atoms with Gasteiger partial charge in [-0.25, -0.2) is 9.37 Å². The minimum atomic E-state index is -1.41. The van der Waals surface area contributed by atoms with E-state index in [1.807, 2.05) is 18.2 Å². The quantitative estimate of drug-likeness (QED) is 0.384. The number of halogens is 2. The zero-order valence-electron chi connectivity index (χ0n) is 20.5. The molecule has 1 amide bonds. The number of carbonyl (C=O) groups is 1. The lowest BCUT2D eigenvalue weighted by Crippen LogP contribution is -2.42. The first kappa shape index (κ1) is 24.5. The predicted molar refractivity (Wildman–Crippen MR) is 142 cm³/mol. The maximum absolute atomic E-state index is 13.6. The van der Waals surface area contributed by atoms with Crippen molar-refractivity contribution < 1.29 is 14.3 Å². The Morgan fingerprint density at radius 2 is 1.82 bits per heavy atom. The molecule has 6 nitrogen and oxygen atoms in total. The van der Waals surface area contributed by atoms with E-state index in [9.17, 15) is 19.1 Å². The van der Waals surface area contributed by atoms with Crippen LogP contribution in [-0.2, 0) is 23.2 Å². The molecule has 2 N–H and O–H groups in total. The van der Waals surface area contributed by atoms with Gasteiger partial charge in [-0.15, -0.1) is 0 Å². The zero-order chi connectivity index (χ0) is 26.4. The molecule has 0 spiro atoms. The molecule has 8 heteroatoms. The lowest BCUT2D eigenvalue weighted by atomic mass is 9.94. The molecule has 2 aliphatic rings. The van der Waals surface area contributed by atoms with Gasteiger partial charge in [-0.1, -0.05) is 66.2 Å². The number of amides is 1. The molecule has 0 radical (unpaired) electrons. The van der Waals surface area contributed by atoms with E-state index in [2.05, 4.69) is 17.1 Å². The molecule has 1 aromatic heterocycles. The van der Waals surface area contributed by atoms with Crippen LogP contribution in [0, 0.1) is 5.82 Å². The smallest absolute Gasteiger partial charge is 0.256 e. The van der Waals surface area contributed by atoms with Gasteiger partial charge in [0.15, 0.2) is 6.10 Å². The number of aliphatic hydroxyl groups excluding tert-OH is 1. The Kier molecular flexibility index (Phi) is 6.13. The van der Waals surface area contributed by atoms with Gasteiger partial charge in [0.1, 0.15) is 11.6 Å². The molecule has 0 saturated heterocycles. The summed E-state index contributed by atoms with van der Waals surface area (Å²) in [5, 5.41) is 10.9. The summed E-state index contributed by atoms with van der Waals surface area (Å²) in [5.74, 6) is -0.322. The molecular formula is C30H25ClFN3O3. The van der Waals surface area contributed by atoms with Crippen LogP contribution in [0.5, 0.6) is 0 Å². The van der Waals surface area contributed by atoms with Crippen molar-refractivity contribution in [3.63, 3.8) is 0 Å². The number of nitrogens with zero attached hydrogens (tertiary/aromatic N) is 2. The minimum Gasteiger partial charge on any atom is -0.378 e. The monoisotopic (exact) mass is 529 g/mol. The molecule has 2 heterocycles. The molecule has 0 bridgehead atoms. The average molecular weight is 530 g/mol. The molecule has 4 aromatic rings. The van der Waals surface area contributed by atoms with Crippen LogP contribution in [-0.4, -0.2) is 32.4 Å². The summed E-state index contributed by atoms with van der Waals surface area (Å²) in [4.78, 5) is 35.7. The second kappa shape index (κ2) is 9.49. The van der Waals surface area contributed by atoms with E-state index in [0.29, 0.717) is 46.7 Å². The summed E-state index contributed by atoms with van der Waals surface area (Å²) in [6.07, 6.45) is 0.882. The van der Waals surface area contributed by atoms with Crippen molar-refractivity contribution in [2.45, 2.75) is 37.3 Å². The topological polar surface area (TPSA) is 86.3 Å². The van der Waals surface area contributed by atoms with Crippen molar-refractivity contribution in [2.24, 2.45) is 0 Å². The Labute approximate surface area is 223 Å². The summed E-state index contributed by atoms with van der Waals surface area (Å²) in [6, 6.07) is 21.3. The Morgan fingerprint density at radius 1 is 1.05 bits per heavy atom. The van der Waals surface area contributed by atoms with Crippen LogP contribution < -0.4 is 5.56 Å². The SMILES string of the molecule is O=C([C@H](O)c1cccc(-c2ccc(F)c(Cl)c2)c1)N1CCc2nc(C3(c4ccccc4)CC3)[nH]c(=O)c2C1. The fraction of sp³-hybridized carbons (Fsp3) is 0.233. The first-order chi connectivity index (χ1) is 18.4. The van der Waals surface area contributed by atoms with E-state index < -0.39 is 17.8 Å². The van der Waals surface area contributed by atoms with Crippen molar-refractivity contribution in [3.8, 4) is 11.1 Å². The number of rotatable bonds is 5. The standard InChI is InChI=1S/C30H25ClFN3O3/c31-23-16-19(9-10-24(23)32)18-5-4-6-20(15-18)26(36)28(38)35-14-11-25-22(17-35)27(37)34-29(33-25)30(12-13-30)21-7-2-1-3-8-21/h1-10,15-16,26,36H,11-14,17H2,(H,33,34,37)/t26-/m1/s1. The van der Waals surface area contributed by atoms with Crippen LogP contribution >= 0.6 is 11.6 Å². The third kappa shape index (κ3) is 4.31. The molecule has 1 saturated carbocycles. The molecule has 1 fully saturated rings. The van der Waals surface area contributed by atoms with Gasteiger partial charge in [-0.05, 0) is 53.3 Å². The molecular weight excluding hydrogens is 505 g/mol. The zero-order valence-corrected chi connectivity index (χ0v) is 21.2. The summed E-state index contributed by atoms with van der Waals surface area (Å²) in [7, 11) is 0. The van der Waals surface area contributed by atoms with Crippen molar-refractivity contribution in [2.75, 3.05) is 6.54 Å². The summed E-state index contributed by atoms with van der Waals surface area (Å²) >= 11 is 5.92. The Hall–Kier alpha value is -3.81. The van der Waals surface area contributed by atoms with Gasteiger partial charge in [-0.3, -0.25) is 9.59 Å². The number of aliphatic hydroxyl groups is 1. The number of aromatic nitrogens is 2. The van der Waals surface area contributed by atoms with Crippen LogP contribution in [0.4, 0.5) is 4.39 Å². The molecule has 6 rings (SSSR count). The van der Waals surface area contributed by atoms with Gasteiger partial charge >= 0.3 is 0 Å². The minimum absolute atomic E-state index is 0.00475. The van der Waals surface area contributed by atoms with Crippen LogP contribution in [0.3, 0.4) is 0 Å². The highest BCUT2D eigenvalue weighted by atomic mass is 35.5. The Balaban J connectivity index is 1.22. The van der Waals surface area contributed by atoms with E-state index in [0.717, 1.165) is 18.4 Å². The number of H-pyrrole nitrogens is 1. The maximum Gasteiger partial charge on any atom is 0.256 e. The van der Waals surface area contributed by atoms with Crippen molar-refractivity contribution in [3.05, 3.63) is 122 Å². The number of hydrogen-bond donors (Lipinski definition) is 2. The van der Waals surface area contributed by atoms with Gasteiger partial charge in [0, 0.05) is 13.0 Å². The molecule has 0 unspecified atom stereocenters. The van der Waals surface area contributed by atoms with Gasteiger partial charge < -0.3 is 15.0 Å². The number of hydrogen-bond acceptors (Lipinski definition) is 4. The van der Waals surface area contributed by atoms with E-state index in [4.69, 9.17) is 16.6 Å². The maximum atomic E-state index is 13.6. The van der Waals surface area contributed by atoms with Gasteiger partial charge in [0.25, 0.3) is 11.5 Å². The third-order valence-corrected chi connectivity index (χ3v) is 7.89. The second-order valence-corrected chi connectivity index (χ2v) is 10.4. The third-order valence-electron chi connectivity index (χ3n) is 7.60. The summed E-state index contributed by atoms with van der Waals surface area (Å²) in [6.45, 7) is 0.434. The number of nitrogens with one attached hydrogen (secondary N) is 1. The molecule has 1 aliphatic carbocycles. The lowest BCUT2D eigenvalue weighted by molar-refractivity contribution is -0.141. The van der Waals surface area contributed by atoms with Crippen molar-refractivity contribution in [1.29, 1.82) is 0 Å². The highest BCUT2D eigenvalue weighted by Crippen LogP contribution is 2.52. The first-order valence-corrected chi connectivity index (χ1v) is 12.9. The normalized spacial score (nSPS) is 16.6. The van der Waals surface area contributed by atoms with E-state index in [1.165, 1.54) is 17.0 Å². The first-order valence-electron chi connectivity index (χ1n) is 12.6. The van der Waals surface area contributed by atoms with E-state index in [-0.39, 0.29) is 22.5 Å². The summed E-state index contributed by atoms with van der Waals surface area (Å²) in [5.41, 5.74) is 3.58. The van der Waals surface area contributed by atoms with Crippen molar-refractivity contribution >= 4 is 17.5 Å². The van der Waals surface area contributed by atoms with Gasteiger partial charge in [-0.2, -0.15) is 0 Å². The van der Waals surface area contributed by atoms with Crippen LogP contribution in [0.2, 0.25) is 5.02 Å². The molecule has 1 atom stereocenters. The van der Waals surface area contributed by atoms with Crippen LogP contribution in [0.25, 0.3) is 11.1 Å². The number of carbonyl (C=O) groups excluding carboxylic acids is 1. The number of benzene rings is 3. The Morgan fingerprint density at radius 3 is 2.55 bits per heavy atom. The fourth-order valence-electron chi connectivity index (χ4n) is 5.26. The van der Waals surface area contributed by atoms with Crippen LogP contribution in [0.1, 0.15) is 47.2 Å². The van der Waals surface area contributed by atoms with Gasteiger partial charge in [0.2, 0.25) is 0 Å². The summed E-state index contributed by atoms with van der Waals surface area (Å²) < 4.78 is 13.6. The fourth-order valence-corrected chi connectivity index (χ4v) is 5.44. The largest absolute Gasteiger partial charge is 0.378 e. The lowest BCUT2D eigenvalue weighted by Gasteiger charge is -2.30.